The molecule has 0 spiro atoms. The average Bonchev–Trinajstić information content (AvgIpc) is 3.39. The molecule has 13 heteroatoms. The smallest absolute Gasteiger partial charge is 0.351 e. The van der Waals surface area contributed by atoms with Crippen molar-refractivity contribution in [2.75, 3.05) is 26.0 Å². The van der Waals surface area contributed by atoms with Crippen LogP contribution in [0, 0.1) is 11.0 Å². The first-order chi connectivity index (χ1) is 16.0. The number of aromatic nitrogens is 2. The van der Waals surface area contributed by atoms with Crippen molar-refractivity contribution in [3.8, 4) is 5.75 Å². The van der Waals surface area contributed by atoms with E-state index in [4.69, 9.17) is 9.47 Å². The number of unbranched alkanes of at least 4 members (excludes halogenated alkanes) is 3. The Labute approximate surface area is 202 Å². The Kier molecular flexibility index (Phi) is 8.57. The van der Waals surface area contributed by atoms with Crippen LogP contribution >= 0.6 is 11.3 Å². The summed E-state index contributed by atoms with van der Waals surface area (Å²) < 4.78 is 47.8. The fourth-order valence-corrected chi connectivity index (χ4v) is 6.05. The second-order valence-electron chi connectivity index (χ2n) is 8.31. The lowest BCUT2D eigenvalue weighted by Crippen LogP contribution is -2.51. The van der Waals surface area contributed by atoms with Gasteiger partial charge in [0, 0.05) is 0 Å². The van der Waals surface area contributed by atoms with Crippen LogP contribution in [0.2, 0.25) is 0 Å². The molecule has 1 aromatic carbocycles. The number of esters is 1. The Hall–Kier alpha value is -2.19. The zero-order chi connectivity index (χ0) is 24.9. The normalized spacial score (nSPS) is 22.0. The number of halogens is 1. The van der Waals surface area contributed by atoms with Crippen LogP contribution in [0.1, 0.15) is 39.5 Å². The first kappa shape index (κ1) is 26.4. The maximum absolute atomic E-state index is 13.7. The van der Waals surface area contributed by atoms with E-state index >= 15 is 0 Å². The van der Waals surface area contributed by atoms with Gasteiger partial charge in [0.1, 0.15) is 18.2 Å². The highest BCUT2D eigenvalue weighted by Gasteiger charge is 2.46. The van der Waals surface area contributed by atoms with Gasteiger partial charge in [-0.2, -0.15) is 0 Å². The van der Waals surface area contributed by atoms with E-state index in [9.17, 15) is 22.8 Å². The minimum atomic E-state index is -3.65. The van der Waals surface area contributed by atoms with E-state index in [-0.39, 0.29) is 34.2 Å². The molecule has 3 atom stereocenters. The molecule has 10 nitrogen and oxygen atoms in total. The van der Waals surface area contributed by atoms with Gasteiger partial charge >= 0.3 is 11.1 Å². The van der Waals surface area contributed by atoms with Crippen molar-refractivity contribution >= 4 is 32.3 Å². The zero-order valence-corrected chi connectivity index (χ0v) is 21.0. The van der Waals surface area contributed by atoms with E-state index in [1.54, 1.807) is 11.9 Å². The molecule has 0 saturated carbocycles. The molecule has 0 bridgehead atoms. The lowest BCUT2D eigenvalue weighted by molar-refractivity contribution is -0.161. The second kappa shape index (κ2) is 11.0. The summed E-state index contributed by atoms with van der Waals surface area (Å²) in [5, 5.41) is 21.2. The quantitative estimate of drug-likeness (QED) is 0.192. The van der Waals surface area contributed by atoms with Gasteiger partial charge in [0.25, 0.3) is 6.23 Å². The highest BCUT2D eigenvalue weighted by molar-refractivity contribution is 7.93. The maximum Gasteiger partial charge on any atom is 0.351 e. The van der Waals surface area contributed by atoms with Crippen molar-refractivity contribution in [2.45, 2.75) is 56.2 Å². The Morgan fingerprint density at radius 2 is 2.00 bits per heavy atom. The minimum Gasteiger partial charge on any atom is -0.622 e. The van der Waals surface area contributed by atoms with Crippen molar-refractivity contribution in [1.82, 2.24) is 19.7 Å². The Bertz CT molecular complexity index is 1080. The van der Waals surface area contributed by atoms with Crippen LogP contribution in [0.5, 0.6) is 5.75 Å². The molecule has 3 unspecified atom stereocenters. The number of likely N-dealkylation sites (N-methyl/N-ethyl adjacent to an activating group) is 1. The standard InChI is InChI=1S/C21H29FN4O6S2/c1-4-5-6-7-12-34(29,30)21-24-23-20(33-21)26(28)14-25(3)13-18(26)32-19(27)15(2)31-17-10-8-16(22)9-11-17/h8-11,15,18H,4-7,12-14H2,1-3H3. The van der Waals surface area contributed by atoms with Crippen LogP contribution in [0.25, 0.3) is 0 Å². The van der Waals surface area contributed by atoms with Crippen LogP contribution in [-0.4, -0.2) is 67.8 Å². The highest BCUT2D eigenvalue weighted by Crippen LogP contribution is 2.35. The first-order valence-corrected chi connectivity index (χ1v) is 13.5. The van der Waals surface area contributed by atoms with Gasteiger partial charge in [0.2, 0.25) is 14.2 Å². The molecule has 0 aliphatic carbocycles. The highest BCUT2D eigenvalue weighted by atomic mass is 32.2. The van der Waals surface area contributed by atoms with Gasteiger partial charge in [0.15, 0.2) is 6.10 Å². The van der Waals surface area contributed by atoms with E-state index in [1.807, 2.05) is 6.92 Å². The Morgan fingerprint density at radius 1 is 1.29 bits per heavy atom. The van der Waals surface area contributed by atoms with Crippen LogP contribution < -0.4 is 9.38 Å². The summed E-state index contributed by atoms with van der Waals surface area (Å²) in [7, 11) is -1.97. The van der Waals surface area contributed by atoms with Gasteiger partial charge < -0.3 is 14.7 Å². The average molecular weight is 517 g/mol. The number of hydroxylamine groups is 2. The summed E-state index contributed by atoms with van der Waals surface area (Å²) in [6.45, 7) is 3.53. The monoisotopic (exact) mass is 516 g/mol. The molecule has 188 valence electrons. The van der Waals surface area contributed by atoms with Crippen LogP contribution in [0.15, 0.2) is 28.6 Å². The van der Waals surface area contributed by atoms with Crippen molar-refractivity contribution in [3.63, 3.8) is 0 Å². The van der Waals surface area contributed by atoms with Gasteiger partial charge in [-0.1, -0.05) is 31.3 Å². The van der Waals surface area contributed by atoms with Crippen molar-refractivity contribution in [2.24, 2.45) is 0 Å². The first-order valence-electron chi connectivity index (χ1n) is 11.0. The molecule has 3 rings (SSSR count). The van der Waals surface area contributed by atoms with Gasteiger partial charge in [-0.15, -0.1) is 5.10 Å². The molecule has 0 amide bonds. The molecule has 1 aromatic heterocycles. The summed E-state index contributed by atoms with van der Waals surface area (Å²) >= 11 is 0.710. The molecule has 34 heavy (non-hydrogen) atoms. The number of carbonyl (C=O) groups excluding carboxylic acids is 1. The van der Waals surface area contributed by atoms with E-state index in [2.05, 4.69) is 10.2 Å². The summed E-state index contributed by atoms with van der Waals surface area (Å²) in [5.74, 6) is -1.01. The topological polar surface area (TPSA) is 122 Å². The van der Waals surface area contributed by atoms with Crippen molar-refractivity contribution in [3.05, 3.63) is 35.3 Å². The van der Waals surface area contributed by atoms with E-state index in [1.165, 1.54) is 31.2 Å². The summed E-state index contributed by atoms with van der Waals surface area (Å²) in [6, 6.07) is 5.15. The molecule has 1 aliphatic rings. The number of rotatable bonds is 11. The third kappa shape index (κ3) is 6.27. The van der Waals surface area contributed by atoms with Gasteiger partial charge in [-0.3, -0.25) is 4.65 Å². The lowest BCUT2D eigenvalue weighted by atomic mass is 10.2. The molecule has 2 aromatic rings. The number of hydrogen-bond donors (Lipinski definition) is 0. The number of benzene rings is 1. The zero-order valence-electron chi connectivity index (χ0n) is 19.3. The van der Waals surface area contributed by atoms with Gasteiger partial charge in [-0.05, 0) is 56.0 Å². The Morgan fingerprint density at radius 3 is 2.68 bits per heavy atom. The summed E-state index contributed by atoms with van der Waals surface area (Å²) in [4.78, 5) is 14.3. The summed E-state index contributed by atoms with van der Waals surface area (Å²) in [6.07, 6.45) is 1.00. The van der Waals surface area contributed by atoms with Crippen LogP contribution in [0.4, 0.5) is 9.52 Å². The van der Waals surface area contributed by atoms with Gasteiger partial charge in [0.05, 0.1) is 12.3 Å². The number of sulfone groups is 1. The second-order valence-corrected chi connectivity index (χ2v) is 11.6. The number of carbonyl (C=O) groups is 1. The number of hydrogen-bond acceptors (Lipinski definition) is 10. The van der Waals surface area contributed by atoms with Crippen LogP contribution in [-0.2, 0) is 19.4 Å². The third-order valence-corrected chi connectivity index (χ3v) is 8.63. The SMILES string of the molecule is CCCCCCS(=O)(=O)c1nnc([N+]2([O-])CN(C)CC2OC(=O)C(C)Oc2ccc(F)cc2)s1. The maximum atomic E-state index is 13.7. The third-order valence-electron chi connectivity index (χ3n) is 5.35. The molecule has 2 heterocycles. The fourth-order valence-electron chi connectivity index (χ4n) is 3.49. The summed E-state index contributed by atoms with van der Waals surface area (Å²) in [5.41, 5.74) is 0. The van der Waals surface area contributed by atoms with Crippen LogP contribution in [0.3, 0.4) is 0 Å². The molecule has 0 radical (unpaired) electrons. The predicted molar refractivity (Wildman–Crippen MR) is 125 cm³/mol. The lowest BCUT2D eigenvalue weighted by Gasteiger charge is -2.38. The Balaban J connectivity index is 1.70. The van der Waals surface area contributed by atoms with E-state index < -0.39 is 38.6 Å². The molecule has 1 fully saturated rings. The van der Waals surface area contributed by atoms with Crippen molar-refractivity contribution < 1.29 is 27.1 Å². The number of nitrogens with zero attached hydrogens (tertiary/aromatic N) is 4. The number of ether oxygens (including phenoxy) is 2. The number of quaternary nitrogens is 1. The molecular formula is C21H29FN4O6S2. The van der Waals surface area contributed by atoms with E-state index in [0.29, 0.717) is 17.8 Å². The molecule has 0 N–H and O–H groups in total. The van der Waals surface area contributed by atoms with Crippen molar-refractivity contribution in [1.29, 1.82) is 0 Å². The minimum absolute atomic E-state index is 0.0585. The molecule has 1 aliphatic heterocycles. The largest absolute Gasteiger partial charge is 0.622 e. The predicted octanol–water partition coefficient (Wildman–Crippen LogP) is 3.08. The molecular weight excluding hydrogens is 487 g/mol. The fraction of sp³-hybridized carbons (Fsp3) is 0.571. The van der Waals surface area contributed by atoms with Gasteiger partial charge in [-0.25, -0.2) is 22.5 Å². The van der Waals surface area contributed by atoms with E-state index in [0.717, 1.165) is 19.3 Å². The molecule has 1 saturated heterocycles.